The van der Waals surface area contributed by atoms with Crippen LogP contribution in [0.1, 0.15) is 12.8 Å². The lowest BCUT2D eigenvalue weighted by Gasteiger charge is -2.23. The minimum absolute atomic E-state index is 0. The third-order valence-corrected chi connectivity index (χ3v) is 5.69. The fourth-order valence-electron chi connectivity index (χ4n) is 4.02. The summed E-state index contributed by atoms with van der Waals surface area (Å²) in [5.41, 5.74) is 2.20. The highest BCUT2D eigenvalue weighted by molar-refractivity contribution is 7.92. The Bertz CT molecular complexity index is 907. The highest BCUT2D eigenvalue weighted by Crippen LogP contribution is 2.39. The average molecular weight is 410 g/mol. The maximum absolute atomic E-state index is 11.5. The van der Waals surface area contributed by atoms with Crippen LogP contribution in [0.5, 0.6) is 5.75 Å². The van der Waals surface area contributed by atoms with Crippen LogP contribution in [0.15, 0.2) is 42.7 Å². The summed E-state index contributed by atoms with van der Waals surface area (Å²) in [7, 11) is -3.34. The van der Waals surface area contributed by atoms with Crippen LogP contribution < -0.4 is 14.8 Å². The van der Waals surface area contributed by atoms with Crippen LogP contribution >= 0.6 is 12.4 Å². The Morgan fingerprint density at radius 1 is 1.19 bits per heavy atom. The van der Waals surface area contributed by atoms with Crippen molar-refractivity contribution < 1.29 is 13.2 Å². The summed E-state index contributed by atoms with van der Waals surface area (Å²) in [6, 6.07) is 9.65. The fraction of sp³-hybridized carbons (Fsp3) is 0.421. The highest BCUT2D eigenvalue weighted by atomic mass is 35.5. The van der Waals surface area contributed by atoms with Crippen LogP contribution in [0, 0.1) is 11.8 Å². The second-order valence-corrected chi connectivity index (χ2v) is 8.99. The number of fused-ring (bicyclic) bond motifs is 2. The molecule has 1 aromatic carbocycles. The Morgan fingerprint density at radius 2 is 2.00 bits per heavy atom. The first-order chi connectivity index (χ1) is 12.5. The molecule has 1 saturated carbocycles. The summed E-state index contributed by atoms with van der Waals surface area (Å²) in [6.45, 7) is 2.10. The number of sulfonamides is 1. The van der Waals surface area contributed by atoms with Gasteiger partial charge in [-0.05, 0) is 37.4 Å². The molecule has 2 bridgehead atoms. The number of para-hydroxylation sites is 1. The Hall–Kier alpha value is -1.83. The van der Waals surface area contributed by atoms with Crippen molar-refractivity contribution in [2.45, 2.75) is 18.9 Å². The third-order valence-electron chi connectivity index (χ3n) is 5.08. The van der Waals surface area contributed by atoms with Gasteiger partial charge in [0.25, 0.3) is 0 Å². The van der Waals surface area contributed by atoms with Crippen LogP contribution in [0.2, 0.25) is 0 Å². The molecule has 0 radical (unpaired) electrons. The number of nitrogens with zero attached hydrogens (tertiary/aromatic N) is 1. The summed E-state index contributed by atoms with van der Waals surface area (Å²) < 4.78 is 31.8. The molecule has 146 valence electrons. The Balaban J connectivity index is 0.00000210. The number of anilines is 1. The Kier molecular flexibility index (Phi) is 5.93. The van der Waals surface area contributed by atoms with Crippen molar-refractivity contribution in [1.82, 2.24) is 10.3 Å². The molecule has 0 amide bonds. The van der Waals surface area contributed by atoms with Crippen molar-refractivity contribution >= 4 is 28.1 Å². The quantitative estimate of drug-likeness (QED) is 0.793. The zero-order valence-electron chi connectivity index (χ0n) is 15.1. The standard InChI is InChI=1S/C19H23N3O3S.ClH/c1-26(23,24)22-16-8-14(10-21-12-16)17-4-2-3-5-18(17)25-19-7-13-6-15(19)11-20-9-13;/h2-5,8,10,12-13,15,19-20,22H,6-7,9,11H2,1H3;1H/t13-,15-,19+;/m0./s1. The molecule has 1 aliphatic heterocycles. The van der Waals surface area contributed by atoms with Gasteiger partial charge in [-0.15, -0.1) is 12.4 Å². The molecule has 2 aromatic rings. The minimum atomic E-state index is -3.34. The van der Waals surface area contributed by atoms with E-state index in [9.17, 15) is 8.42 Å². The molecule has 6 nitrogen and oxygen atoms in total. The summed E-state index contributed by atoms with van der Waals surface area (Å²) in [5.74, 6) is 2.08. The van der Waals surface area contributed by atoms with Gasteiger partial charge in [0.05, 0.1) is 18.1 Å². The summed E-state index contributed by atoms with van der Waals surface area (Å²) >= 11 is 0. The first-order valence-corrected chi connectivity index (χ1v) is 10.8. The zero-order chi connectivity index (χ0) is 18.1. The van der Waals surface area contributed by atoms with Gasteiger partial charge in [-0.25, -0.2) is 8.42 Å². The predicted octanol–water partition coefficient (Wildman–Crippen LogP) is 2.92. The van der Waals surface area contributed by atoms with Crippen LogP contribution in [0.4, 0.5) is 5.69 Å². The number of benzene rings is 1. The lowest BCUT2D eigenvalue weighted by atomic mass is 10.0. The number of rotatable bonds is 5. The number of ether oxygens (including phenoxy) is 1. The molecule has 2 aliphatic rings. The zero-order valence-corrected chi connectivity index (χ0v) is 16.7. The van der Waals surface area contributed by atoms with E-state index < -0.39 is 10.0 Å². The number of halogens is 1. The first-order valence-electron chi connectivity index (χ1n) is 8.87. The lowest BCUT2D eigenvalue weighted by Crippen LogP contribution is -2.34. The number of aromatic nitrogens is 1. The molecule has 8 heteroatoms. The molecule has 1 saturated heterocycles. The predicted molar refractivity (Wildman–Crippen MR) is 109 cm³/mol. The van der Waals surface area contributed by atoms with Crippen LogP contribution in [0.25, 0.3) is 11.1 Å². The average Bonchev–Trinajstić information content (AvgIpc) is 2.87. The number of hydrogen-bond donors (Lipinski definition) is 2. The van der Waals surface area contributed by atoms with E-state index in [1.54, 1.807) is 12.3 Å². The van der Waals surface area contributed by atoms with E-state index in [1.165, 1.54) is 12.6 Å². The summed E-state index contributed by atoms with van der Waals surface area (Å²) in [4.78, 5) is 4.18. The van der Waals surface area contributed by atoms with E-state index in [4.69, 9.17) is 4.74 Å². The van der Waals surface area contributed by atoms with E-state index >= 15 is 0 Å². The molecule has 1 aromatic heterocycles. The van der Waals surface area contributed by atoms with Gasteiger partial charge in [0.1, 0.15) is 11.9 Å². The Labute approximate surface area is 166 Å². The topological polar surface area (TPSA) is 80.3 Å². The van der Waals surface area contributed by atoms with Crippen molar-refractivity contribution in [1.29, 1.82) is 0 Å². The number of nitrogens with one attached hydrogen (secondary N) is 2. The molecule has 0 spiro atoms. The molecule has 1 aliphatic carbocycles. The van der Waals surface area contributed by atoms with Crippen molar-refractivity contribution in [3.8, 4) is 16.9 Å². The van der Waals surface area contributed by atoms with E-state index in [1.807, 2.05) is 24.3 Å². The van der Waals surface area contributed by atoms with Crippen molar-refractivity contribution in [3.63, 3.8) is 0 Å². The van der Waals surface area contributed by atoms with Gasteiger partial charge in [0, 0.05) is 29.8 Å². The normalized spacial score (nSPS) is 24.1. The van der Waals surface area contributed by atoms with Crippen LogP contribution in [0.3, 0.4) is 0 Å². The second kappa shape index (κ2) is 8.04. The van der Waals surface area contributed by atoms with Gasteiger partial charge in [-0.3, -0.25) is 9.71 Å². The molecule has 2 fully saturated rings. The molecular weight excluding hydrogens is 386 g/mol. The highest BCUT2D eigenvalue weighted by Gasteiger charge is 2.38. The van der Waals surface area contributed by atoms with E-state index in [-0.39, 0.29) is 18.5 Å². The van der Waals surface area contributed by atoms with E-state index in [0.717, 1.165) is 42.6 Å². The second-order valence-electron chi connectivity index (χ2n) is 7.24. The van der Waals surface area contributed by atoms with Gasteiger partial charge in [0.15, 0.2) is 0 Å². The SMILES string of the molecule is CS(=O)(=O)Nc1cncc(-c2ccccc2O[C@@H]2C[C@H]3CNC[C@@H]2C3)c1.Cl. The maximum Gasteiger partial charge on any atom is 0.229 e. The van der Waals surface area contributed by atoms with Gasteiger partial charge in [-0.1, -0.05) is 18.2 Å². The van der Waals surface area contributed by atoms with E-state index in [0.29, 0.717) is 17.5 Å². The van der Waals surface area contributed by atoms with Gasteiger partial charge < -0.3 is 10.1 Å². The number of piperidine rings is 1. The summed E-state index contributed by atoms with van der Waals surface area (Å²) in [5, 5.41) is 3.48. The largest absolute Gasteiger partial charge is 0.489 e. The van der Waals surface area contributed by atoms with Crippen molar-refractivity contribution in [2.24, 2.45) is 11.8 Å². The fourth-order valence-corrected chi connectivity index (χ4v) is 4.56. The minimum Gasteiger partial charge on any atom is -0.489 e. The lowest BCUT2D eigenvalue weighted by molar-refractivity contribution is 0.161. The van der Waals surface area contributed by atoms with E-state index in [2.05, 4.69) is 15.0 Å². The maximum atomic E-state index is 11.5. The summed E-state index contributed by atoms with van der Waals surface area (Å²) in [6.07, 6.45) is 6.89. The first kappa shape index (κ1) is 19.9. The monoisotopic (exact) mass is 409 g/mol. The molecule has 27 heavy (non-hydrogen) atoms. The molecule has 4 rings (SSSR count). The van der Waals surface area contributed by atoms with Gasteiger partial charge >= 0.3 is 0 Å². The van der Waals surface area contributed by atoms with Crippen LogP contribution in [-0.4, -0.2) is 38.9 Å². The molecule has 3 atom stereocenters. The van der Waals surface area contributed by atoms with Crippen molar-refractivity contribution in [3.05, 3.63) is 42.7 Å². The molecule has 2 N–H and O–H groups in total. The smallest absolute Gasteiger partial charge is 0.229 e. The van der Waals surface area contributed by atoms with Crippen LogP contribution in [-0.2, 0) is 10.0 Å². The number of hydrogen-bond acceptors (Lipinski definition) is 5. The third kappa shape index (κ3) is 4.72. The molecule has 2 heterocycles. The Morgan fingerprint density at radius 3 is 2.78 bits per heavy atom. The molecular formula is C19H24ClN3O3S. The molecule has 0 unspecified atom stereocenters. The van der Waals surface area contributed by atoms with Gasteiger partial charge in [-0.2, -0.15) is 0 Å². The van der Waals surface area contributed by atoms with Gasteiger partial charge in [0.2, 0.25) is 10.0 Å². The number of pyridine rings is 1. The van der Waals surface area contributed by atoms with Crippen molar-refractivity contribution in [2.75, 3.05) is 24.1 Å².